The molecular formula is C11H12ClN. The lowest BCUT2D eigenvalue weighted by molar-refractivity contribution is 0.514. The van der Waals surface area contributed by atoms with Crippen molar-refractivity contribution in [1.29, 1.82) is 0 Å². The average Bonchev–Trinajstić information content (AvgIpc) is 2.17. The highest BCUT2D eigenvalue weighted by Crippen LogP contribution is 2.26. The monoisotopic (exact) mass is 193 g/mol. The molecule has 0 radical (unpaired) electrons. The second-order valence-electron chi connectivity index (χ2n) is 3.16. The first-order valence-corrected chi connectivity index (χ1v) is 4.91. The van der Waals surface area contributed by atoms with E-state index in [1.807, 2.05) is 18.4 Å². The molecule has 0 saturated carbocycles. The van der Waals surface area contributed by atoms with Gasteiger partial charge < -0.3 is 4.90 Å². The van der Waals surface area contributed by atoms with Crippen molar-refractivity contribution in [2.75, 3.05) is 6.54 Å². The van der Waals surface area contributed by atoms with Crippen LogP contribution in [0.1, 0.15) is 13.3 Å². The standard InChI is InChI=1S/C11H12ClN/c1-2-9-4-3-6-13-7-5-10(12)8-11(9)13/h3-5,7-8H,2,6H2,1H3. The van der Waals surface area contributed by atoms with Gasteiger partial charge in [0, 0.05) is 23.5 Å². The molecular weight excluding hydrogens is 182 g/mol. The molecule has 0 aromatic rings. The Balaban J connectivity index is 2.43. The van der Waals surface area contributed by atoms with E-state index in [9.17, 15) is 0 Å². The lowest BCUT2D eigenvalue weighted by atomic mass is 10.0. The van der Waals surface area contributed by atoms with Crippen molar-refractivity contribution in [3.05, 3.63) is 46.8 Å². The zero-order chi connectivity index (χ0) is 9.26. The average molecular weight is 194 g/mol. The van der Waals surface area contributed by atoms with Gasteiger partial charge in [-0.1, -0.05) is 30.7 Å². The minimum absolute atomic E-state index is 0.813. The first kappa shape index (κ1) is 8.64. The van der Waals surface area contributed by atoms with Gasteiger partial charge in [-0.05, 0) is 24.1 Å². The van der Waals surface area contributed by atoms with Gasteiger partial charge in [0.05, 0.1) is 0 Å². The third kappa shape index (κ3) is 1.56. The Hall–Kier alpha value is -0.950. The highest BCUT2D eigenvalue weighted by Gasteiger charge is 2.14. The van der Waals surface area contributed by atoms with Gasteiger partial charge in [-0.2, -0.15) is 0 Å². The summed E-state index contributed by atoms with van der Waals surface area (Å²) in [5.74, 6) is 0. The number of hydrogen-bond acceptors (Lipinski definition) is 1. The Labute approximate surface area is 83.7 Å². The van der Waals surface area contributed by atoms with Gasteiger partial charge in [0.2, 0.25) is 0 Å². The fraction of sp³-hybridized carbons (Fsp3) is 0.273. The molecule has 0 N–H and O–H groups in total. The maximum absolute atomic E-state index is 5.95. The van der Waals surface area contributed by atoms with Crippen molar-refractivity contribution in [1.82, 2.24) is 4.90 Å². The van der Waals surface area contributed by atoms with Crippen LogP contribution in [-0.2, 0) is 0 Å². The summed E-state index contributed by atoms with van der Waals surface area (Å²) in [5, 5.41) is 0.813. The molecule has 0 bridgehead atoms. The molecule has 0 amide bonds. The zero-order valence-corrected chi connectivity index (χ0v) is 8.38. The van der Waals surface area contributed by atoms with Gasteiger partial charge in [-0.15, -0.1) is 0 Å². The Kier molecular flexibility index (Phi) is 2.28. The Morgan fingerprint density at radius 3 is 3.08 bits per heavy atom. The van der Waals surface area contributed by atoms with Gasteiger partial charge in [-0.25, -0.2) is 0 Å². The van der Waals surface area contributed by atoms with Gasteiger partial charge in [0.1, 0.15) is 0 Å². The third-order valence-corrected chi connectivity index (χ3v) is 2.56. The van der Waals surface area contributed by atoms with Crippen molar-refractivity contribution in [2.24, 2.45) is 0 Å². The van der Waals surface area contributed by atoms with E-state index in [1.165, 1.54) is 11.3 Å². The highest BCUT2D eigenvalue weighted by atomic mass is 35.5. The summed E-state index contributed by atoms with van der Waals surface area (Å²) in [4.78, 5) is 2.21. The Bertz CT molecular complexity index is 334. The number of fused-ring (bicyclic) bond motifs is 1. The van der Waals surface area contributed by atoms with Crippen LogP contribution in [0.2, 0.25) is 0 Å². The zero-order valence-electron chi connectivity index (χ0n) is 7.63. The fourth-order valence-electron chi connectivity index (χ4n) is 1.63. The van der Waals surface area contributed by atoms with Crippen LogP contribution < -0.4 is 0 Å². The maximum Gasteiger partial charge on any atom is 0.0456 e. The van der Waals surface area contributed by atoms with Crippen LogP contribution in [0.4, 0.5) is 0 Å². The number of allylic oxidation sites excluding steroid dienone is 5. The molecule has 68 valence electrons. The van der Waals surface area contributed by atoms with Gasteiger partial charge >= 0.3 is 0 Å². The number of halogens is 1. The largest absolute Gasteiger partial charge is 0.344 e. The summed E-state index contributed by atoms with van der Waals surface area (Å²) >= 11 is 5.95. The van der Waals surface area contributed by atoms with Crippen LogP contribution in [-0.4, -0.2) is 11.4 Å². The normalized spacial score (nSPS) is 20.5. The number of nitrogens with zero attached hydrogens (tertiary/aromatic N) is 1. The predicted octanol–water partition coefficient (Wildman–Crippen LogP) is 3.17. The summed E-state index contributed by atoms with van der Waals surface area (Å²) in [6, 6.07) is 0. The fourth-order valence-corrected chi connectivity index (χ4v) is 1.79. The molecule has 2 rings (SSSR count). The van der Waals surface area contributed by atoms with Crippen molar-refractivity contribution in [3.63, 3.8) is 0 Å². The maximum atomic E-state index is 5.95. The van der Waals surface area contributed by atoms with Crippen molar-refractivity contribution >= 4 is 11.6 Å². The van der Waals surface area contributed by atoms with Gasteiger partial charge in [0.25, 0.3) is 0 Å². The van der Waals surface area contributed by atoms with Crippen LogP contribution >= 0.6 is 11.6 Å². The minimum Gasteiger partial charge on any atom is -0.344 e. The topological polar surface area (TPSA) is 3.24 Å². The minimum atomic E-state index is 0.813. The van der Waals surface area contributed by atoms with E-state index >= 15 is 0 Å². The van der Waals surface area contributed by atoms with E-state index in [1.54, 1.807) is 0 Å². The van der Waals surface area contributed by atoms with Crippen LogP contribution in [0.15, 0.2) is 46.8 Å². The van der Waals surface area contributed by atoms with E-state index in [4.69, 9.17) is 11.6 Å². The molecule has 0 saturated heterocycles. The van der Waals surface area contributed by atoms with E-state index in [2.05, 4.69) is 24.0 Å². The molecule has 1 nitrogen and oxygen atoms in total. The van der Waals surface area contributed by atoms with Crippen LogP contribution in [0.5, 0.6) is 0 Å². The second kappa shape index (κ2) is 3.43. The van der Waals surface area contributed by atoms with Crippen LogP contribution in [0.25, 0.3) is 0 Å². The molecule has 0 aliphatic carbocycles. The van der Waals surface area contributed by atoms with Gasteiger partial charge in [-0.3, -0.25) is 0 Å². The summed E-state index contributed by atoms with van der Waals surface area (Å²) in [6.07, 6.45) is 11.4. The molecule has 2 aliphatic rings. The third-order valence-electron chi connectivity index (χ3n) is 2.33. The van der Waals surface area contributed by atoms with Crippen LogP contribution in [0, 0.1) is 0 Å². The van der Waals surface area contributed by atoms with Crippen LogP contribution in [0.3, 0.4) is 0 Å². The molecule has 2 aliphatic heterocycles. The summed E-state index contributed by atoms with van der Waals surface area (Å²) < 4.78 is 0. The number of hydrogen-bond donors (Lipinski definition) is 0. The quantitative estimate of drug-likeness (QED) is 0.619. The highest BCUT2D eigenvalue weighted by molar-refractivity contribution is 6.31. The second-order valence-corrected chi connectivity index (χ2v) is 3.60. The molecule has 0 aromatic carbocycles. The van der Waals surface area contributed by atoms with E-state index in [0.29, 0.717) is 0 Å². The van der Waals surface area contributed by atoms with Crippen molar-refractivity contribution < 1.29 is 0 Å². The molecule has 2 heteroatoms. The first-order valence-electron chi connectivity index (χ1n) is 4.53. The molecule has 13 heavy (non-hydrogen) atoms. The summed E-state index contributed by atoms with van der Waals surface area (Å²) in [6.45, 7) is 3.12. The van der Waals surface area contributed by atoms with E-state index in [0.717, 1.165) is 18.0 Å². The van der Waals surface area contributed by atoms with Crippen molar-refractivity contribution in [2.45, 2.75) is 13.3 Å². The SMILES string of the molecule is CCC1=C2C=C(Cl)C=CN2CC=C1. The lowest BCUT2D eigenvalue weighted by Crippen LogP contribution is -2.21. The molecule has 0 spiro atoms. The summed E-state index contributed by atoms with van der Waals surface area (Å²) in [5.41, 5.74) is 2.60. The molecule has 0 unspecified atom stereocenters. The Morgan fingerprint density at radius 1 is 1.46 bits per heavy atom. The van der Waals surface area contributed by atoms with Gasteiger partial charge in [0.15, 0.2) is 0 Å². The Morgan fingerprint density at radius 2 is 2.31 bits per heavy atom. The summed E-state index contributed by atoms with van der Waals surface area (Å²) in [7, 11) is 0. The smallest absolute Gasteiger partial charge is 0.0456 e. The van der Waals surface area contributed by atoms with Crippen molar-refractivity contribution in [3.8, 4) is 0 Å². The molecule has 0 atom stereocenters. The molecule has 0 aromatic heterocycles. The number of rotatable bonds is 1. The predicted molar refractivity (Wildman–Crippen MR) is 56.2 cm³/mol. The lowest BCUT2D eigenvalue weighted by Gasteiger charge is -2.28. The first-order chi connectivity index (χ1) is 6.31. The molecule has 2 heterocycles. The van der Waals surface area contributed by atoms with E-state index < -0.39 is 0 Å². The van der Waals surface area contributed by atoms with E-state index in [-0.39, 0.29) is 0 Å². The molecule has 0 fully saturated rings.